The van der Waals surface area contributed by atoms with E-state index in [9.17, 15) is 18.4 Å². The summed E-state index contributed by atoms with van der Waals surface area (Å²) < 4.78 is 26.5. The molecule has 0 fully saturated rings. The van der Waals surface area contributed by atoms with Gasteiger partial charge in [-0.1, -0.05) is 20.8 Å². The molecular weight excluding hydrogens is 372 g/mol. The zero-order valence-corrected chi connectivity index (χ0v) is 16.4. The van der Waals surface area contributed by atoms with Crippen LogP contribution in [0.2, 0.25) is 0 Å². The first kappa shape index (κ1) is 21.0. The number of carbonyl (C=O) groups is 2. The monoisotopic (exact) mass is 395 g/mol. The highest BCUT2D eigenvalue weighted by Gasteiger charge is 2.20. The summed E-state index contributed by atoms with van der Waals surface area (Å²) in [6, 6.07) is 3.37. The Bertz CT molecular complexity index is 795. The number of hydrogen-bond acceptors (Lipinski definition) is 4. The van der Waals surface area contributed by atoms with Gasteiger partial charge in [-0.25, -0.2) is 13.8 Å². The van der Waals surface area contributed by atoms with E-state index >= 15 is 0 Å². The first-order valence-corrected chi connectivity index (χ1v) is 9.43. The minimum Gasteiger partial charge on any atom is -0.356 e. The molecule has 0 saturated heterocycles. The number of thiazole rings is 1. The van der Waals surface area contributed by atoms with Crippen LogP contribution in [0, 0.1) is 17.0 Å². The predicted molar refractivity (Wildman–Crippen MR) is 102 cm³/mol. The van der Waals surface area contributed by atoms with E-state index in [-0.39, 0.29) is 18.2 Å². The molecule has 0 unspecified atom stereocenters. The molecule has 1 aromatic carbocycles. The Morgan fingerprint density at radius 1 is 1.15 bits per heavy atom. The van der Waals surface area contributed by atoms with E-state index in [1.807, 2.05) is 20.8 Å². The molecule has 5 nitrogen and oxygen atoms in total. The summed E-state index contributed by atoms with van der Waals surface area (Å²) in [5.74, 6) is -1.50. The molecule has 0 bridgehead atoms. The molecule has 2 rings (SSSR count). The van der Waals surface area contributed by atoms with Crippen LogP contribution < -0.4 is 10.6 Å². The van der Waals surface area contributed by atoms with Gasteiger partial charge in [-0.2, -0.15) is 0 Å². The maximum atomic E-state index is 13.2. The highest BCUT2D eigenvalue weighted by atomic mass is 32.1. The lowest BCUT2D eigenvalue weighted by Gasteiger charge is -2.17. The maximum Gasteiger partial charge on any atom is 0.226 e. The average molecular weight is 395 g/mol. The second-order valence-corrected chi connectivity index (χ2v) is 8.36. The molecule has 1 aromatic heterocycles. The molecule has 8 heteroatoms. The highest BCUT2D eigenvalue weighted by molar-refractivity contribution is 7.15. The summed E-state index contributed by atoms with van der Waals surface area (Å²) >= 11 is 1.26. The Labute approximate surface area is 161 Å². The average Bonchev–Trinajstić information content (AvgIpc) is 2.96. The number of amides is 2. The third-order valence-electron chi connectivity index (χ3n) is 3.65. The van der Waals surface area contributed by atoms with E-state index in [4.69, 9.17) is 0 Å². The molecule has 0 aliphatic carbocycles. The van der Waals surface area contributed by atoms with E-state index in [1.165, 1.54) is 23.5 Å². The highest BCUT2D eigenvalue weighted by Crippen LogP contribution is 2.22. The van der Waals surface area contributed by atoms with E-state index in [0.717, 1.165) is 10.9 Å². The summed E-state index contributed by atoms with van der Waals surface area (Å²) in [5.41, 5.74) is 0.0491. The van der Waals surface area contributed by atoms with Gasteiger partial charge in [0.2, 0.25) is 11.8 Å². The molecule has 0 radical (unpaired) electrons. The van der Waals surface area contributed by atoms with Crippen LogP contribution in [0.15, 0.2) is 24.4 Å². The molecule has 2 aromatic rings. The third kappa shape index (κ3) is 7.05. The number of aromatic nitrogens is 1. The molecule has 0 spiro atoms. The number of nitrogens with one attached hydrogen (secondary N) is 2. The third-order valence-corrected chi connectivity index (χ3v) is 4.56. The van der Waals surface area contributed by atoms with Crippen LogP contribution in [0.4, 0.5) is 13.9 Å². The van der Waals surface area contributed by atoms with Gasteiger partial charge in [0.15, 0.2) is 5.13 Å². The second-order valence-electron chi connectivity index (χ2n) is 7.24. The van der Waals surface area contributed by atoms with Crippen LogP contribution in [0.1, 0.15) is 44.1 Å². The number of anilines is 1. The van der Waals surface area contributed by atoms with Gasteiger partial charge in [-0.3, -0.25) is 9.59 Å². The summed E-state index contributed by atoms with van der Waals surface area (Å²) in [4.78, 5) is 28.6. The SMILES string of the molecule is CC(C)(C)C(=O)NCCCC(=O)Nc1ncc(Cc2cc(F)cc(F)c2)s1. The summed E-state index contributed by atoms with van der Waals surface area (Å²) in [7, 11) is 0. The zero-order chi connectivity index (χ0) is 20.0. The lowest BCUT2D eigenvalue weighted by Crippen LogP contribution is -2.35. The Kier molecular flexibility index (Phi) is 7.01. The molecule has 0 saturated carbocycles. The molecule has 2 N–H and O–H groups in total. The van der Waals surface area contributed by atoms with Crippen molar-refractivity contribution < 1.29 is 18.4 Å². The van der Waals surface area contributed by atoms with Crippen molar-refractivity contribution in [2.75, 3.05) is 11.9 Å². The Balaban J connectivity index is 1.78. The molecule has 0 aliphatic heterocycles. The van der Waals surface area contributed by atoms with E-state index in [1.54, 1.807) is 6.20 Å². The van der Waals surface area contributed by atoms with Crippen molar-refractivity contribution in [1.29, 1.82) is 0 Å². The molecule has 0 aliphatic rings. The van der Waals surface area contributed by atoms with Gasteiger partial charge in [-0.15, -0.1) is 11.3 Å². The largest absolute Gasteiger partial charge is 0.356 e. The first-order valence-electron chi connectivity index (χ1n) is 8.61. The number of hydrogen-bond donors (Lipinski definition) is 2. The van der Waals surface area contributed by atoms with Crippen LogP contribution in [0.3, 0.4) is 0 Å². The van der Waals surface area contributed by atoms with Crippen LogP contribution in [-0.2, 0) is 16.0 Å². The molecule has 1 heterocycles. The van der Waals surface area contributed by atoms with Crippen molar-refractivity contribution >= 4 is 28.3 Å². The number of benzene rings is 1. The Morgan fingerprint density at radius 3 is 2.44 bits per heavy atom. The van der Waals surface area contributed by atoms with Gasteiger partial charge in [-0.05, 0) is 24.1 Å². The molecule has 27 heavy (non-hydrogen) atoms. The fourth-order valence-corrected chi connectivity index (χ4v) is 3.12. The first-order chi connectivity index (χ1) is 12.6. The van der Waals surface area contributed by atoms with Crippen molar-refractivity contribution in [2.45, 2.75) is 40.0 Å². The van der Waals surface area contributed by atoms with Crippen molar-refractivity contribution in [3.8, 4) is 0 Å². The van der Waals surface area contributed by atoms with E-state index in [0.29, 0.717) is 30.1 Å². The zero-order valence-electron chi connectivity index (χ0n) is 15.6. The summed E-state index contributed by atoms with van der Waals surface area (Å²) in [6.07, 6.45) is 2.69. The van der Waals surface area contributed by atoms with Gasteiger partial charge < -0.3 is 10.6 Å². The fourth-order valence-electron chi connectivity index (χ4n) is 2.26. The molecule has 2 amide bonds. The van der Waals surface area contributed by atoms with Gasteiger partial charge in [0.25, 0.3) is 0 Å². The predicted octanol–water partition coefficient (Wildman–Crippen LogP) is 3.89. The maximum absolute atomic E-state index is 13.2. The van der Waals surface area contributed by atoms with Crippen molar-refractivity contribution in [1.82, 2.24) is 10.3 Å². The number of nitrogens with zero attached hydrogens (tertiary/aromatic N) is 1. The van der Waals surface area contributed by atoms with Gasteiger partial charge in [0, 0.05) is 41.9 Å². The van der Waals surface area contributed by atoms with Gasteiger partial charge >= 0.3 is 0 Å². The number of halogens is 2. The van der Waals surface area contributed by atoms with Crippen molar-refractivity contribution in [3.05, 3.63) is 46.5 Å². The standard InChI is InChI=1S/C19H23F2N3O2S/c1-19(2,3)17(26)22-6-4-5-16(25)24-18-23-11-15(27-18)9-12-7-13(20)10-14(21)8-12/h7-8,10-11H,4-6,9H2,1-3H3,(H,22,26)(H,23,24,25). The molecule has 146 valence electrons. The van der Waals surface area contributed by atoms with Crippen LogP contribution in [-0.4, -0.2) is 23.3 Å². The minimum atomic E-state index is -0.624. The van der Waals surface area contributed by atoms with Crippen LogP contribution >= 0.6 is 11.3 Å². The number of carbonyl (C=O) groups excluding carboxylic acids is 2. The normalized spacial score (nSPS) is 11.3. The Morgan fingerprint density at radius 2 is 1.81 bits per heavy atom. The van der Waals surface area contributed by atoms with Gasteiger partial charge in [0.1, 0.15) is 11.6 Å². The lowest BCUT2D eigenvalue weighted by molar-refractivity contribution is -0.128. The van der Waals surface area contributed by atoms with Crippen molar-refractivity contribution in [3.63, 3.8) is 0 Å². The van der Waals surface area contributed by atoms with Crippen LogP contribution in [0.5, 0.6) is 0 Å². The van der Waals surface area contributed by atoms with E-state index in [2.05, 4.69) is 15.6 Å². The lowest BCUT2D eigenvalue weighted by atomic mass is 9.96. The molecular formula is C19H23F2N3O2S. The quantitative estimate of drug-likeness (QED) is 0.699. The second kappa shape index (κ2) is 9.03. The Hall–Kier alpha value is -2.35. The van der Waals surface area contributed by atoms with Crippen LogP contribution in [0.25, 0.3) is 0 Å². The summed E-state index contributed by atoms with van der Waals surface area (Å²) in [5, 5.41) is 5.92. The topological polar surface area (TPSA) is 71.1 Å². The molecule has 0 atom stereocenters. The summed E-state index contributed by atoms with van der Waals surface area (Å²) in [6.45, 7) is 5.91. The van der Waals surface area contributed by atoms with E-state index < -0.39 is 17.0 Å². The minimum absolute atomic E-state index is 0.0544. The smallest absolute Gasteiger partial charge is 0.226 e. The van der Waals surface area contributed by atoms with Gasteiger partial charge in [0.05, 0.1) is 0 Å². The fraction of sp³-hybridized carbons (Fsp3) is 0.421. The number of rotatable bonds is 7. The van der Waals surface area contributed by atoms with Crippen molar-refractivity contribution in [2.24, 2.45) is 5.41 Å².